The standard InChI is InChI=1S/C12H19ClN2O2S/c1-3-18(16,17)15-7-6-14-9-11-4-5-12(13)8-10(11)2/h4-5,8,14-15H,3,6-7,9H2,1-2H3. The molecule has 102 valence electrons. The maximum atomic E-state index is 11.2. The molecule has 0 aliphatic rings. The van der Waals surface area contributed by atoms with Crippen LogP contribution in [0, 0.1) is 6.92 Å². The van der Waals surface area contributed by atoms with Crippen molar-refractivity contribution in [1.29, 1.82) is 0 Å². The predicted molar refractivity (Wildman–Crippen MR) is 75.4 cm³/mol. The minimum atomic E-state index is -3.09. The molecule has 4 nitrogen and oxygen atoms in total. The summed E-state index contributed by atoms with van der Waals surface area (Å²) in [6, 6.07) is 5.74. The molecular formula is C12H19ClN2O2S. The summed E-state index contributed by atoms with van der Waals surface area (Å²) in [5, 5.41) is 3.92. The van der Waals surface area contributed by atoms with Gasteiger partial charge in [0, 0.05) is 24.7 Å². The van der Waals surface area contributed by atoms with Crippen LogP contribution in [0.25, 0.3) is 0 Å². The molecule has 0 aliphatic heterocycles. The molecule has 1 aromatic rings. The van der Waals surface area contributed by atoms with Crippen LogP contribution in [-0.2, 0) is 16.6 Å². The number of sulfonamides is 1. The summed E-state index contributed by atoms with van der Waals surface area (Å²) in [5.41, 5.74) is 2.29. The summed E-state index contributed by atoms with van der Waals surface area (Å²) in [6.45, 7) is 5.33. The van der Waals surface area contributed by atoms with Crippen molar-refractivity contribution in [3.05, 3.63) is 34.3 Å². The molecule has 0 radical (unpaired) electrons. The maximum Gasteiger partial charge on any atom is 0.211 e. The second-order valence-corrected chi connectivity index (χ2v) is 6.58. The lowest BCUT2D eigenvalue weighted by Gasteiger charge is -2.09. The molecule has 6 heteroatoms. The molecule has 0 unspecified atom stereocenters. The van der Waals surface area contributed by atoms with Crippen molar-refractivity contribution in [3.8, 4) is 0 Å². The maximum absolute atomic E-state index is 11.2. The summed E-state index contributed by atoms with van der Waals surface area (Å²) < 4.78 is 24.8. The van der Waals surface area contributed by atoms with E-state index in [2.05, 4.69) is 10.0 Å². The lowest BCUT2D eigenvalue weighted by atomic mass is 10.1. The lowest BCUT2D eigenvalue weighted by molar-refractivity contribution is 0.577. The van der Waals surface area contributed by atoms with E-state index in [1.807, 2.05) is 25.1 Å². The monoisotopic (exact) mass is 290 g/mol. The third-order valence-corrected chi connectivity index (χ3v) is 4.26. The van der Waals surface area contributed by atoms with Gasteiger partial charge in [0.2, 0.25) is 10.0 Å². The van der Waals surface area contributed by atoms with E-state index < -0.39 is 10.0 Å². The average molecular weight is 291 g/mol. The second kappa shape index (κ2) is 7.09. The van der Waals surface area contributed by atoms with Crippen LogP contribution in [0.3, 0.4) is 0 Å². The van der Waals surface area contributed by atoms with Crippen molar-refractivity contribution in [3.63, 3.8) is 0 Å². The Morgan fingerprint density at radius 2 is 2.00 bits per heavy atom. The van der Waals surface area contributed by atoms with Crippen LogP contribution in [0.1, 0.15) is 18.1 Å². The van der Waals surface area contributed by atoms with Crippen molar-refractivity contribution in [2.24, 2.45) is 0 Å². The fourth-order valence-corrected chi connectivity index (χ4v) is 2.32. The van der Waals surface area contributed by atoms with E-state index in [1.165, 1.54) is 0 Å². The van der Waals surface area contributed by atoms with Gasteiger partial charge in [-0.25, -0.2) is 13.1 Å². The summed E-state index contributed by atoms with van der Waals surface area (Å²) in [5.74, 6) is 0.114. The first-order valence-electron chi connectivity index (χ1n) is 5.87. The van der Waals surface area contributed by atoms with Gasteiger partial charge in [0.15, 0.2) is 0 Å². The minimum absolute atomic E-state index is 0.114. The Balaban J connectivity index is 2.30. The van der Waals surface area contributed by atoms with Gasteiger partial charge in [0.1, 0.15) is 0 Å². The molecule has 0 saturated heterocycles. The molecule has 0 aromatic heterocycles. The van der Waals surface area contributed by atoms with Crippen molar-refractivity contribution < 1.29 is 8.42 Å². The summed E-state index contributed by atoms with van der Waals surface area (Å²) >= 11 is 5.87. The van der Waals surface area contributed by atoms with Crippen LogP contribution in [-0.4, -0.2) is 27.3 Å². The van der Waals surface area contributed by atoms with Crippen LogP contribution in [0.5, 0.6) is 0 Å². The van der Waals surface area contributed by atoms with E-state index in [1.54, 1.807) is 6.92 Å². The Morgan fingerprint density at radius 1 is 1.28 bits per heavy atom. The molecule has 18 heavy (non-hydrogen) atoms. The number of halogens is 1. The van der Waals surface area contributed by atoms with E-state index in [9.17, 15) is 8.42 Å². The van der Waals surface area contributed by atoms with Gasteiger partial charge >= 0.3 is 0 Å². The molecule has 1 rings (SSSR count). The fourth-order valence-electron chi connectivity index (χ4n) is 1.48. The van der Waals surface area contributed by atoms with E-state index >= 15 is 0 Å². The molecule has 1 aromatic carbocycles. The summed E-state index contributed by atoms with van der Waals surface area (Å²) in [7, 11) is -3.09. The third-order valence-electron chi connectivity index (χ3n) is 2.62. The van der Waals surface area contributed by atoms with Gasteiger partial charge in [-0.05, 0) is 37.1 Å². The van der Waals surface area contributed by atoms with Gasteiger partial charge in [-0.2, -0.15) is 0 Å². The van der Waals surface area contributed by atoms with Crippen LogP contribution >= 0.6 is 11.6 Å². The first kappa shape index (κ1) is 15.4. The van der Waals surface area contributed by atoms with Crippen LogP contribution in [0.2, 0.25) is 5.02 Å². The zero-order valence-corrected chi connectivity index (χ0v) is 12.2. The second-order valence-electron chi connectivity index (χ2n) is 4.05. The highest BCUT2D eigenvalue weighted by molar-refractivity contribution is 7.89. The number of aryl methyl sites for hydroxylation is 1. The zero-order chi connectivity index (χ0) is 13.6. The Labute approximate surface area is 114 Å². The SMILES string of the molecule is CCS(=O)(=O)NCCNCc1ccc(Cl)cc1C. The minimum Gasteiger partial charge on any atom is -0.311 e. The van der Waals surface area contributed by atoms with Gasteiger partial charge in [-0.3, -0.25) is 0 Å². The third kappa shape index (κ3) is 5.35. The molecule has 0 bridgehead atoms. The predicted octanol–water partition coefficient (Wildman–Crippen LogP) is 1.68. The summed E-state index contributed by atoms with van der Waals surface area (Å²) in [6.07, 6.45) is 0. The quantitative estimate of drug-likeness (QED) is 0.751. The van der Waals surface area contributed by atoms with Gasteiger partial charge in [-0.1, -0.05) is 17.7 Å². The van der Waals surface area contributed by atoms with Gasteiger partial charge < -0.3 is 5.32 Å². The Bertz CT molecular complexity index is 489. The lowest BCUT2D eigenvalue weighted by Crippen LogP contribution is -2.32. The zero-order valence-electron chi connectivity index (χ0n) is 10.7. The number of hydrogen-bond acceptors (Lipinski definition) is 3. The molecule has 0 heterocycles. The number of nitrogens with one attached hydrogen (secondary N) is 2. The fraction of sp³-hybridized carbons (Fsp3) is 0.500. The Hall–Kier alpha value is -0.620. The highest BCUT2D eigenvalue weighted by Crippen LogP contribution is 2.14. The van der Waals surface area contributed by atoms with E-state index in [4.69, 9.17) is 11.6 Å². The topological polar surface area (TPSA) is 58.2 Å². The molecule has 0 saturated carbocycles. The largest absolute Gasteiger partial charge is 0.311 e. The van der Waals surface area contributed by atoms with Crippen molar-refractivity contribution in [2.75, 3.05) is 18.8 Å². The van der Waals surface area contributed by atoms with Crippen molar-refractivity contribution in [2.45, 2.75) is 20.4 Å². The Kier molecular flexibility index (Phi) is 6.08. The van der Waals surface area contributed by atoms with Crippen LogP contribution in [0.4, 0.5) is 0 Å². The highest BCUT2D eigenvalue weighted by Gasteiger charge is 2.04. The average Bonchev–Trinajstić information content (AvgIpc) is 2.31. The van der Waals surface area contributed by atoms with E-state index in [0.717, 1.165) is 16.1 Å². The van der Waals surface area contributed by atoms with Gasteiger partial charge in [-0.15, -0.1) is 0 Å². The van der Waals surface area contributed by atoms with Gasteiger partial charge in [0.25, 0.3) is 0 Å². The first-order valence-corrected chi connectivity index (χ1v) is 7.90. The molecule has 2 N–H and O–H groups in total. The van der Waals surface area contributed by atoms with E-state index in [-0.39, 0.29) is 5.75 Å². The molecule has 0 amide bonds. The smallest absolute Gasteiger partial charge is 0.211 e. The molecule has 0 spiro atoms. The first-order chi connectivity index (χ1) is 8.44. The Morgan fingerprint density at radius 3 is 2.61 bits per heavy atom. The number of benzene rings is 1. The molecule has 0 atom stereocenters. The van der Waals surface area contributed by atoms with Crippen molar-refractivity contribution in [1.82, 2.24) is 10.0 Å². The van der Waals surface area contributed by atoms with Crippen LogP contribution < -0.4 is 10.0 Å². The summed E-state index contributed by atoms with van der Waals surface area (Å²) in [4.78, 5) is 0. The van der Waals surface area contributed by atoms with Gasteiger partial charge in [0.05, 0.1) is 5.75 Å². The van der Waals surface area contributed by atoms with E-state index in [0.29, 0.717) is 19.6 Å². The number of hydrogen-bond donors (Lipinski definition) is 2. The highest BCUT2D eigenvalue weighted by atomic mass is 35.5. The van der Waals surface area contributed by atoms with Crippen LogP contribution in [0.15, 0.2) is 18.2 Å². The van der Waals surface area contributed by atoms with Crippen molar-refractivity contribution >= 4 is 21.6 Å². The normalized spacial score (nSPS) is 11.7. The molecule has 0 aliphatic carbocycles. The molecular weight excluding hydrogens is 272 g/mol. The molecule has 0 fully saturated rings. The number of rotatable bonds is 7.